The van der Waals surface area contributed by atoms with E-state index in [1.54, 1.807) is 0 Å². The van der Waals surface area contributed by atoms with Gasteiger partial charge in [0.1, 0.15) is 30.5 Å². The molecule has 4 saturated carbocycles. The molecule has 3 aliphatic heterocycles. The Bertz CT molecular complexity index is 1030. The predicted molar refractivity (Wildman–Crippen MR) is 153 cm³/mol. The van der Waals surface area contributed by atoms with Crippen molar-refractivity contribution in [2.24, 2.45) is 52.3 Å². The summed E-state index contributed by atoms with van der Waals surface area (Å²) in [5, 5.41) is 63.7. The molecule has 0 amide bonds. The second-order valence-corrected chi connectivity index (χ2v) is 16.1. The molecule has 6 N–H and O–H groups in total. The molecule has 1 spiro atoms. The number of aliphatic hydroxyl groups excluding tert-OH is 6. The Morgan fingerprint density at radius 3 is 2.30 bits per heavy atom. The fraction of sp³-hybridized carbons (Fsp3) is 1.00. The van der Waals surface area contributed by atoms with E-state index in [-0.39, 0.29) is 23.4 Å². The van der Waals surface area contributed by atoms with E-state index in [1.165, 1.54) is 0 Å². The second kappa shape index (κ2) is 10.8. The fourth-order valence-corrected chi connectivity index (χ4v) is 11.9. The van der Waals surface area contributed by atoms with Gasteiger partial charge in [-0.3, -0.25) is 0 Å². The lowest BCUT2D eigenvalue weighted by molar-refractivity contribution is -0.346. The van der Waals surface area contributed by atoms with Crippen LogP contribution in [0, 0.1) is 52.3 Å². The quantitative estimate of drug-likeness (QED) is 0.277. The number of hydrogen-bond acceptors (Lipinski definition) is 10. The summed E-state index contributed by atoms with van der Waals surface area (Å²) in [6, 6.07) is 0. The van der Waals surface area contributed by atoms with Gasteiger partial charge in [0.2, 0.25) is 0 Å². The molecular weight excluding hydrogens is 556 g/mol. The maximum atomic E-state index is 11.4. The topological polar surface area (TPSA) is 158 Å². The molecule has 0 bridgehead atoms. The normalized spacial score (nSPS) is 61.5. The molecule has 5 unspecified atom stereocenters. The van der Waals surface area contributed by atoms with Gasteiger partial charge in [-0.05, 0) is 85.9 Å². The van der Waals surface area contributed by atoms with Gasteiger partial charge in [0, 0.05) is 17.8 Å². The van der Waals surface area contributed by atoms with Crippen molar-refractivity contribution in [1.29, 1.82) is 0 Å². The average molecular weight is 611 g/mol. The van der Waals surface area contributed by atoms with Gasteiger partial charge in [0.15, 0.2) is 12.1 Å². The van der Waals surface area contributed by atoms with Crippen LogP contribution in [0.15, 0.2) is 0 Å². The van der Waals surface area contributed by atoms with Crippen LogP contribution in [0.5, 0.6) is 0 Å². The average Bonchev–Trinajstić information content (AvgIpc) is 3.43. The zero-order chi connectivity index (χ0) is 30.6. The van der Waals surface area contributed by atoms with E-state index < -0.39 is 66.8 Å². The highest BCUT2D eigenvalue weighted by Gasteiger charge is 2.70. The maximum absolute atomic E-state index is 11.4. The Morgan fingerprint density at radius 2 is 1.60 bits per heavy atom. The minimum Gasteiger partial charge on any atom is -0.394 e. The Kier molecular flexibility index (Phi) is 7.86. The number of fused-ring (bicyclic) bond motifs is 7. The molecule has 3 heterocycles. The summed E-state index contributed by atoms with van der Waals surface area (Å²) in [4.78, 5) is 0. The van der Waals surface area contributed by atoms with Gasteiger partial charge in [0.25, 0.3) is 0 Å². The van der Waals surface area contributed by atoms with E-state index in [0.717, 1.165) is 51.6 Å². The highest BCUT2D eigenvalue weighted by Crippen LogP contribution is 2.71. The first kappa shape index (κ1) is 31.2. The summed E-state index contributed by atoms with van der Waals surface area (Å²) in [7, 11) is 0. The van der Waals surface area contributed by atoms with Crippen molar-refractivity contribution in [1.82, 2.24) is 0 Å². The van der Waals surface area contributed by atoms with Crippen molar-refractivity contribution in [3.63, 3.8) is 0 Å². The van der Waals surface area contributed by atoms with E-state index >= 15 is 0 Å². The summed E-state index contributed by atoms with van der Waals surface area (Å²) in [6.45, 7) is 9.47. The van der Waals surface area contributed by atoms with Crippen LogP contribution in [-0.2, 0) is 18.9 Å². The third-order valence-corrected chi connectivity index (χ3v) is 14.2. The largest absolute Gasteiger partial charge is 0.394 e. The smallest absolute Gasteiger partial charge is 0.187 e. The van der Waals surface area contributed by atoms with Gasteiger partial charge in [-0.2, -0.15) is 0 Å². The lowest BCUT2D eigenvalue weighted by Crippen LogP contribution is -2.67. The molecule has 7 aliphatic rings. The van der Waals surface area contributed by atoms with Crippen molar-refractivity contribution < 1.29 is 49.6 Å². The first-order valence-electron chi connectivity index (χ1n) is 17.0. The van der Waals surface area contributed by atoms with Crippen LogP contribution in [0.2, 0.25) is 0 Å². The maximum Gasteiger partial charge on any atom is 0.187 e. The third-order valence-electron chi connectivity index (χ3n) is 14.2. The van der Waals surface area contributed by atoms with Crippen molar-refractivity contribution in [2.75, 3.05) is 13.2 Å². The van der Waals surface area contributed by atoms with Crippen LogP contribution in [0.25, 0.3) is 0 Å². The van der Waals surface area contributed by atoms with Crippen LogP contribution >= 0.6 is 0 Å². The highest BCUT2D eigenvalue weighted by molar-refractivity contribution is 5.17. The molecule has 246 valence electrons. The van der Waals surface area contributed by atoms with Gasteiger partial charge in [-0.15, -0.1) is 0 Å². The molecule has 43 heavy (non-hydrogen) atoms. The van der Waals surface area contributed by atoms with E-state index in [4.69, 9.17) is 18.9 Å². The molecule has 7 rings (SSSR count). The number of aliphatic hydroxyl groups is 6. The Morgan fingerprint density at radius 1 is 0.837 bits per heavy atom. The Labute approximate surface area is 255 Å². The zero-order valence-electron chi connectivity index (χ0n) is 26.1. The fourth-order valence-electron chi connectivity index (χ4n) is 11.9. The van der Waals surface area contributed by atoms with Gasteiger partial charge in [0.05, 0.1) is 31.5 Å². The predicted octanol–water partition coefficient (Wildman–Crippen LogP) is 1.56. The lowest BCUT2D eigenvalue weighted by atomic mass is 9.43. The standard InChI is InChI=1S/C33H54O10/c1-15-7-10-33(40-14-15)16(2)24-22(43-33)12-20-18-6-5-17-11-21(35)25(36)29(32(17,4)19(18)8-9-31(20,24)3)42-30-28(39)27(38)26(37)23(13-34)41-30/h15-30,34-39H,5-14H2,1-4H3/t15?,16-,17?,18+,19-,20-,21?,22-,23+,24-,25?,26+,27-,28+,29?,30-,31-,32-,33+/m0/s1. The minimum absolute atomic E-state index is 0.114. The van der Waals surface area contributed by atoms with Crippen LogP contribution < -0.4 is 0 Å². The molecule has 0 radical (unpaired) electrons. The molecule has 3 saturated heterocycles. The van der Waals surface area contributed by atoms with Gasteiger partial charge in [-0.25, -0.2) is 0 Å². The minimum atomic E-state index is -1.57. The van der Waals surface area contributed by atoms with Crippen molar-refractivity contribution in [3.05, 3.63) is 0 Å². The SMILES string of the molecule is CC1CC[C@@]2(OC1)O[C@H]1C[C@H]3[C@@H]4CCC5CC(O)C(O)C(O[C@@H]6O[C@H](CO)[C@@H](O)[C@H](O)[C@H]6O)[C@]5(C)[C@H]4CC[C@]3(C)[C@H]1[C@@H]2C. The van der Waals surface area contributed by atoms with Gasteiger partial charge in [-0.1, -0.05) is 27.7 Å². The molecule has 0 aromatic heterocycles. The van der Waals surface area contributed by atoms with Gasteiger partial charge >= 0.3 is 0 Å². The number of ether oxygens (including phenoxy) is 4. The van der Waals surface area contributed by atoms with Crippen LogP contribution in [0.1, 0.15) is 79.1 Å². The summed E-state index contributed by atoms with van der Waals surface area (Å²) in [6.07, 6.45) is -2.33. The highest BCUT2D eigenvalue weighted by atomic mass is 16.7. The molecular formula is C33H54O10. The van der Waals surface area contributed by atoms with Crippen molar-refractivity contribution in [2.45, 2.75) is 140 Å². The summed E-state index contributed by atoms with van der Waals surface area (Å²) in [5.74, 6) is 2.11. The van der Waals surface area contributed by atoms with Crippen LogP contribution in [0.4, 0.5) is 0 Å². The monoisotopic (exact) mass is 610 g/mol. The van der Waals surface area contributed by atoms with E-state index in [1.807, 2.05) is 0 Å². The molecule has 0 aromatic carbocycles. The second-order valence-electron chi connectivity index (χ2n) is 16.1. The zero-order valence-corrected chi connectivity index (χ0v) is 26.1. The van der Waals surface area contributed by atoms with E-state index in [2.05, 4.69) is 27.7 Å². The summed E-state index contributed by atoms with van der Waals surface area (Å²) in [5.41, 5.74) is -0.374. The molecule has 10 heteroatoms. The van der Waals surface area contributed by atoms with Crippen LogP contribution in [0.3, 0.4) is 0 Å². The molecule has 4 aliphatic carbocycles. The van der Waals surface area contributed by atoms with Crippen LogP contribution in [-0.4, -0.2) is 105 Å². The summed E-state index contributed by atoms with van der Waals surface area (Å²) >= 11 is 0. The molecule has 0 aromatic rings. The van der Waals surface area contributed by atoms with E-state index in [0.29, 0.717) is 36.0 Å². The third kappa shape index (κ3) is 4.41. The first-order valence-corrected chi connectivity index (χ1v) is 17.0. The molecule has 7 fully saturated rings. The van der Waals surface area contributed by atoms with Crippen molar-refractivity contribution >= 4 is 0 Å². The summed E-state index contributed by atoms with van der Waals surface area (Å²) < 4.78 is 25.5. The first-order chi connectivity index (χ1) is 20.4. The van der Waals surface area contributed by atoms with E-state index in [9.17, 15) is 30.6 Å². The molecule has 10 nitrogen and oxygen atoms in total. The Balaban J connectivity index is 1.16. The lowest BCUT2D eigenvalue weighted by Gasteiger charge is -2.64. The molecule has 19 atom stereocenters. The van der Waals surface area contributed by atoms with Gasteiger partial charge < -0.3 is 49.6 Å². The Hall–Kier alpha value is -0.400. The number of rotatable bonds is 3. The van der Waals surface area contributed by atoms with Crippen molar-refractivity contribution in [3.8, 4) is 0 Å². The number of hydrogen-bond donors (Lipinski definition) is 6.